The normalized spacial score (nSPS) is 15.4. The SMILES string of the molecule is CC1(C(=O)NNC(=O)c2ccccc2Cc2ccc(C(F)(F)F)cc2)COC1.CC1(C(=O)O)COC1.CC1(c2nnc(-c3ccccc3Cc3ccc(C(F)(F)F)cc3)o2)COC1.NNC(=O)c1ccccc1Cc1ccc(C(F)(F)F)cc1. The van der Waals surface area contributed by atoms with E-state index in [0.717, 1.165) is 53.1 Å². The van der Waals surface area contributed by atoms with Crippen LogP contribution in [0.3, 0.4) is 0 Å². The van der Waals surface area contributed by atoms with Gasteiger partial charge in [-0.2, -0.15) is 39.5 Å². The maximum absolute atomic E-state index is 12.7. The van der Waals surface area contributed by atoms with Crippen molar-refractivity contribution in [1.82, 2.24) is 26.5 Å². The summed E-state index contributed by atoms with van der Waals surface area (Å²) in [7, 11) is 0. The number of hydrazine groups is 2. The summed E-state index contributed by atoms with van der Waals surface area (Å²) in [5, 5.41) is 16.7. The maximum Gasteiger partial charge on any atom is 0.416 e. The number of hydrogen-bond donors (Lipinski definition) is 5. The van der Waals surface area contributed by atoms with Crippen molar-refractivity contribution < 1.29 is 82.4 Å². The molecule has 24 heteroatoms. The Balaban J connectivity index is 0.000000171. The van der Waals surface area contributed by atoms with Gasteiger partial charge in [0.1, 0.15) is 5.41 Å². The fraction of sp³-hybridized carbons (Fsp3) is 0.300. The van der Waals surface area contributed by atoms with E-state index in [2.05, 4.69) is 21.0 Å². The minimum atomic E-state index is -4.39. The van der Waals surface area contributed by atoms with Crippen LogP contribution in [-0.4, -0.2) is 78.6 Å². The number of nitrogens with two attached hydrogens (primary N) is 1. The van der Waals surface area contributed by atoms with Gasteiger partial charge in [-0.3, -0.25) is 35.5 Å². The molecule has 0 bridgehead atoms. The van der Waals surface area contributed by atoms with E-state index in [1.54, 1.807) is 62.4 Å². The minimum Gasteiger partial charge on any atom is -0.481 e. The van der Waals surface area contributed by atoms with E-state index in [-0.39, 0.29) is 17.7 Å². The van der Waals surface area contributed by atoms with E-state index in [1.165, 1.54) is 36.4 Å². The summed E-state index contributed by atoms with van der Waals surface area (Å²) in [6, 6.07) is 35.9. The molecule has 6 N–H and O–H groups in total. The molecule has 0 unspecified atom stereocenters. The van der Waals surface area contributed by atoms with Crippen LogP contribution in [0, 0.1) is 10.8 Å². The Labute approximate surface area is 475 Å². The molecule has 3 saturated heterocycles. The molecule has 6 aromatic carbocycles. The molecule has 10 rings (SSSR count). The zero-order valence-electron chi connectivity index (χ0n) is 45.3. The monoisotopic (exact) mass is 1180 g/mol. The third-order valence-corrected chi connectivity index (χ3v) is 13.7. The van der Waals surface area contributed by atoms with Gasteiger partial charge in [0.15, 0.2) is 0 Å². The van der Waals surface area contributed by atoms with Gasteiger partial charge in [-0.25, -0.2) is 5.84 Å². The van der Waals surface area contributed by atoms with E-state index in [1.807, 2.05) is 36.6 Å². The molecule has 15 nitrogen and oxygen atoms in total. The lowest BCUT2D eigenvalue weighted by atomic mass is 9.88. The molecule has 0 aliphatic carbocycles. The summed E-state index contributed by atoms with van der Waals surface area (Å²) < 4.78 is 135. The number of nitrogen functional groups attached to an aromatic ring is 1. The van der Waals surface area contributed by atoms with Crippen molar-refractivity contribution in [1.29, 1.82) is 0 Å². The van der Waals surface area contributed by atoms with Crippen molar-refractivity contribution in [3.63, 3.8) is 0 Å². The van der Waals surface area contributed by atoms with Crippen LogP contribution in [0.1, 0.15) is 97.4 Å². The number of rotatable bonds is 12. The van der Waals surface area contributed by atoms with Crippen LogP contribution >= 0.6 is 0 Å². The first kappa shape index (κ1) is 63.1. The minimum absolute atomic E-state index is 0.256. The first-order valence-electron chi connectivity index (χ1n) is 25.8. The van der Waals surface area contributed by atoms with E-state index in [9.17, 15) is 58.7 Å². The van der Waals surface area contributed by atoms with Gasteiger partial charge in [0, 0.05) is 16.7 Å². The summed E-state index contributed by atoms with van der Waals surface area (Å²) in [4.78, 5) is 46.4. The number of halogens is 9. The van der Waals surface area contributed by atoms with Crippen molar-refractivity contribution in [2.24, 2.45) is 16.7 Å². The summed E-state index contributed by atoms with van der Waals surface area (Å²) in [6.07, 6.45) is -12.0. The van der Waals surface area contributed by atoms with Crippen LogP contribution in [0.15, 0.2) is 150 Å². The number of benzene rings is 6. The highest BCUT2D eigenvalue weighted by molar-refractivity contribution is 5.97. The number of carboxylic acid groups (broad SMARTS) is 1. The van der Waals surface area contributed by atoms with Crippen molar-refractivity contribution in [3.05, 3.63) is 213 Å². The van der Waals surface area contributed by atoms with Crippen molar-refractivity contribution in [3.8, 4) is 11.5 Å². The second-order valence-electron chi connectivity index (χ2n) is 20.8. The van der Waals surface area contributed by atoms with Crippen molar-refractivity contribution >= 4 is 23.7 Å². The molecule has 84 heavy (non-hydrogen) atoms. The Kier molecular flexibility index (Phi) is 19.9. The maximum atomic E-state index is 12.7. The van der Waals surface area contributed by atoms with Crippen molar-refractivity contribution in [2.75, 3.05) is 39.6 Å². The van der Waals surface area contributed by atoms with Crippen LogP contribution in [-0.2, 0) is 67.0 Å². The first-order chi connectivity index (χ1) is 39.6. The third-order valence-electron chi connectivity index (χ3n) is 13.7. The molecule has 3 amide bonds. The van der Waals surface area contributed by atoms with Crippen LogP contribution in [0.25, 0.3) is 11.5 Å². The fourth-order valence-electron chi connectivity index (χ4n) is 8.36. The number of hydrogen-bond acceptors (Lipinski definition) is 11. The largest absolute Gasteiger partial charge is 0.481 e. The third kappa shape index (κ3) is 16.2. The Morgan fingerprint density at radius 1 is 0.500 bits per heavy atom. The highest BCUT2D eigenvalue weighted by atomic mass is 19.4. The summed E-state index contributed by atoms with van der Waals surface area (Å²) in [5.41, 5.74) is 9.09. The molecule has 444 valence electrons. The van der Waals surface area contributed by atoms with Crippen LogP contribution in [0.5, 0.6) is 0 Å². The Morgan fingerprint density at radius 3 is 1.24 bits per heavy atom. The Hall–Kier alpha value is -8.45. The molecule has 0 spiro atoms. The molecule has 1 aromatic heterocycles. The summed E-state index contributed by atoms with van der Waals surface area (Å²) >= 11 is 0. The molecular weight excluding hydrogens is 1120 g/mol. The van der Waals surface area contributed by atoms with Gasteiger partial charge < -0.3 is 23.7 Å². The fourth-order valence-corrected chi connectivity index (χ4v) is 8.36. The van der Waals surface area contributed by atoms with Gasteiger partial charge in [0.25, 0.3) is 11.8 Å². The van der Waals surface area contributed by atoms with Gasteiger partial charge >= 0.3 is 24.5 Å². The van der Waals surface area contributed by atoms with Gasteiger partial charge in [-0.15, -0.1) is 10.2 Å². The predicted octanol–water partition coefficient (Wildman–Crippen LogP) is 10.7. The lowest BCUT2D eigenvalue weighted by Crippen LogP contribution is -2.56. The standard InChI is InChI=1S/C20H19F3N2O3.C20H17F3N2O2.C15H13F3N2O.C5H8O3/c1-19(11-28-12-19)18(27)25-24-17(26)16-5-3-2-4-14(16)10-13-6-8-15(9-7-13)20(21,22)23;1-19(11-26-12-19)18-25-24-17(27-18)16-5-3-2-4-14(16)10-13-6-8-15(9-7-13)20(21,22)23;16-15(17,18)12-7-5-10(6-8-12)9-11-3-1-2-4-13(11)14(21)20-19;1-5(4(6)7)2-8-3-5/h2-9H,10-12H2,1H3,(H,24,26)(H,25,27);2-9H,10-12H2,1H3;1-8H,9,19H2,(H,20,21);2-3H2,1H3,(H,6,7). The number of aliphatic carboxylic acids is 1. The average molecular weight is 1180 g/mol. The highest BCUT2D eigenvalue weighted by Gasteiger charge is 2.43. The molecule has 7 aromatic rings. The van der Waals surface area contributed by atoms with E-state index < -0.39 is 63.8 Å². The molecule has 3 fully saturated rings. The second-order valence-corrected chi connectivity index (χ2v) is 20.8. The summed E-state index contributed by atoms with van der Waals surface area (Å²) in [6.45, 7) is 7.81. The molecule has 0 atom stereocenters. The van der Waals surface area contributed by atoms with Gasteiger partial charge in [0.2, 0.25) is 17.7 Å². The average Bonchev–Trinajstić information content (AvgIpc) is 2.84. The van der Waals surface area contributed by atoms with Crippen molar-refractivity contribution in [2.45, 2.75) is 64.0 Å². The molecule has 3 aliphatic heterocycles. The molecule has 3 aliphatic rings. The van der Waals surface area contributed by atoms with E-state index >= 15 is 0 Å². The number of aromatic nitrogens is 2. The van der Waals surface area contributed by atoms with E-state index in [4.69, 9.17) is 29.6 Å². The zero-order valence-corrected chi connectivity index (χ0v) is 45.3. The van der Waals surface area contributed by atoms with Crippen LogP contribution in [0.4, 0.5) is 39.5 Å². The van der Waals surface area contributed by atoms with Gasteiger partial charge in [-0.1, -0.05) is 91.0 Å². The molecular formula is C60H57F9N6O9. The number of amides is 3. The quantitative estimate of drug-likeness (QED) is 0.0334. The Morgan fingerprint density at radius 2 is 0.881 bits per heavy atom. The molecule has 0 saturated carbocycles. The first-order valence-corrected chi connectivity index (χ1v) is 25.8. The number of carboxylic acids is 1. The molecule has 4 heterocycles. The smallest absolute Gasteiger partial charge is 0.416 e. The Bertz CT molecular complexity index is 3390. The number of carbonyl (C=O) groups excluding carboxylic acids is 3. The van der Waals surface area contributed by atoms with Gasteiger partial charge in [-0.05, 0) is 128 Å². The van der Waals surface area contributed by atoms with Gasteiger partial charge in [0.05, 0.1) is 67.2 Å². The topological polar surface area (TPSA) is 217 Å². The predicted molar refractivity (Wildman–Crippen MR) is 286 cm³/mol. The second kappa shape index (κ2) is 26.4. The number of ether oxygens (including phenoxy) is 3. The lowest BCUT2D eigenvalue weighted by molar-refractivity contribution is -0.175. The highest BCUT2D eigenvalue weighted by Crippen LogP contribution is 2.36. The van der Waals surface area contributed by atoms with E-state index in [0.29, 0.717) is 97.6 Å². The number of nitrogens with one attached hydrogen (secondary N) is 3. The number of carbonyl (C=O) groups is 4. The number of nitrogens with zero attached hydrogens (tertiary/aromatic N) is 2. The van der Waals surface area contributed by atoms with Crippen LogP contribution in [0.2, 0.25) is 0 Å². The molecule has 0 radical (unpaired) electrons. The number of alkyl halides is 9. The summed E-state index contributed by atoms with van der Waals surface area (Å²) in [5.74, 6) is 4.01. The van der Waals surface area contributed by atoms with Crippen LogP contribution < -0.4 is 22.1 Å². The lowest BCUT2D eigenvalue weighted by Gasteiger charge is -2.36. The zero-order chi connectivity index (χ0) is 61.1.